The third-order valence-corrected chi connectivity index (χ3v) is 3.51. The van der Waals surface area contributed by atoms with Crippen LogP contribution in [0, 0.1) is 6.07 Å². The standard InChI is InChI=1S/C15H12F3S/c1-2-19-12-9-7-11(8-10-12)13-5-3-4-6-14(13)15(16,17)18/h3-5,7-10H,2H2,1H3. The fourth-order valence-corrected chi connectivity index (χ4v) is 2.47. The topological polar surface area (TPSA) is 0 Å². The molecule has 0 aliphatic heterocycles. The molecule has 19 heavy (non-hydrogen) atoms. The van der Waals surface area contributed by atoms with Crippen molar-refractivity contribution in [3.8, 4) is 11.1 Å². The fraction of sp³-hybridized carbons (Fsp3) is 0.200. The van der Waals surface area contributed by atoms with E-state index in [4.69, 9.17) is 0 Å². The molecule has 0 unspecified atom stereocenters. The molecular formula is C15H12F3S. The van der Waals surface area contributed by atoms with Crippen LogP contribution in [0.4, 0.5) is 13.2 Å². The molecule has 4 heteroatoms. The molecule has 0 N–H and O–H groups in total. The molecule has 1 radical (unpaired) electrons. The zero-order valence-corrected chi connectivity index (χ0v) is 11.1. The minimum Gasteiger partial charge on any atom is -0.166 e. The number of benzene rings is 2. The summed E-state index contributed by atoms with van der Waals surface area (Å²) in [5.41, 5.74) is 0.0126. The second-order valence-corrected chi connectivity index (χ2v) is 5.25. The van der Waals surface area contributed by atoms with Gasteiger partial charge in [0.25, 0.3) is 0 Å². The molecule has 0 aliphatic rings. The number of halogens is 3. The number of thioether (sulfide) groups is 1. The summed E-state index contributed by atoms with van der Waals surface area (Å²) in [6, 6.07) is 13.7. The molecule has 0 bridgehead atoms. The van der Waals surface area contributed by atoms with Gasteiger partial charge in [-0.1, -0.05) is 37.3 Å². The number of hydrogen-bond acceptors (Lipinski definition) is 1. The van der Waals surface area contributed by atoms with Gasteiger partial charge in [0.05, 0.1) is 5.56 Å². The Morgan fingerprint density at radius 3 is 2.37 bits per heavy atom. The molecule has 2 aromatic rings. The van der Waals surface area contributed by atoms with Gasteiger partial charge < -0.3 is 0 Å². The van der Waals surface area contributed by atoms with E-state index < -0.39 is 11.7 Å². The van der Waals surface area contributed by atoms with E-state index in [2.05, 4.69) is 6.07 Å². The summed E-state index contributed by atoms with van der Waals surface area (Å²) in [4.78, 5) is 1.06. The monoisotopic (exact) mass is 281 g/mol. The predicted molar refractivity (Wildman–Crippen MR) is 72.1 cm³/mol. The van der Waals surface area contributed by atoms with Crippen LogP contribution in [-0.4, -0.2) is 5.75 Å². The second kappa shape index (κ2) is 5.70. The normalized spacial score (nSPS) is 11.6. The molecule has 0 heterocycles. The molecule has 0 aliphatic carbocycles. The first-order chi connectivity index (χ1) is 9.02. The molecule has 0 fully saturated rings. The molecule has 2 rings (SSSR count). The summed E-state index contributed by atoms with van der Waals surface area (Å²) in [5, 5.41) is 0. The van der Waals surface area contributed by atoms with Crippen molar-refractivity contribution < 1.29 is 13.2 Å². The van der Waals surface area contributed by atoms with Gasteiger partial charge in [-0.05, 0) is 35.1 Å². The minimum atomic E-state index is -4.38. The summed E-state index contributed by atoms with van der Waals surface area (Å²) in [6.45, 7) is 2.03. The van der Waals surface area contributed by atoms with Crippen molar-refractivity contribution in [3.63, 3.8) is 0 Å². The first-order valence-electron chi connectivity index (χ1n) is 5.83. The summed E-state index contributed by atoms with van der Waals surface area (Å²) in [6.07, 6.45) is -4.38. The highest BCUT2D eigenvalue weighted by atomic mass is 32.2. The Morgan fingerprint density at radius 2 is 1.79 bits per heavy atom. The van der Waals surface area contributed by atoms with Gasteiger partial charge in [0.15, 0.2) is 0 Å². The van der Waals surface area contributed by atoms with Crippen LogP contribution in [0.25, 0.3) is 11.1 Å². The van der Waals surface area contributed by atoms with Gasteiger partial charge in [-0.2, -0.15) is 13.2 Å². The highest BCUT2D eigenvalue weighted by molar-refractivity contribution is 7.99. The van der Waals surface area contributed by atoms with E-state index in [9.17, 15) is 13.2 Å². The van der Waals surface area contributed by atoms with Crippen molar-refractivity contribution in [3.05, 3.63) is 54.1 Å². The van der Waals surface area contributed by atoms with Crippen LogP contribution in [0.1, 0.15) is 12.5 Å². The van der Waals surface area contributed by atoms with E-state index in [1.165, 1.54) is 12.1 Å². The minimum absolute atomic E-state index is 0.169. The lowest BCUT2D eigenvalue weighted by atomic mass is 9.99. The van der Waals surface area contributed by atoms with Crippen molar-refractivity contribution in [2.45, 2.75) is 18.0 Å². The van der Waals surface area contributed by atoms with Crippen LogP contribution in [0.15, 0.2) is 47.4 Å². The van der Waals surface area contributed by atoms with E-state index in [1.807, 2.05) is 19.1 Å². The first-order valence-corrected chi connectivity index (χ1v) is 6.82. The Bertz CT molecular complexity index is 544. The summed E-state index contributed by atoms with van der Waals surface area (Å²) in [7, 11) is 0. The maximum atomic E-state index is 12.9. The zero-order valence-electron chi connectivity index (χ0n) is 10.3. The smallest absolute Gasteiger partial charge is 0.166 e. The van der Waals surface area contributed by atoms with Gasteiger partial charge in [0.2, 0.25) is 0 Å². The lowest BCUT2D eigenvalue weighted by Gasteiger charge is -2.12. The van der Waals surface area contributed by atoms with Gasteiger partial charge in [-0.15, -0.1) is 11.8 Å². The average molecular weight is 281 g/mol. The summed E-state index contributed by atoms with van der Waals surface area (Å²) < 4.78 is 38.7. The van der Waals surface area contributed by atoms with Gasteiger partial charge in [0, 0.05) is 4.90 Å². The summed E-state index contributed by atoms with van der Waals surface area (Å²) >= 11 is 1.66. The highest BCUT2D eigenvalue weighted by Gasteiger charge is 2.33. The quantitative estimate of drug-likeness (QED) is 0.689. The molecule has 99 valence electrons. The van der Waals surface area contributed by atoms with Crippen molar-refractivity contribution in [1.29, 1.82) is 0 Å². The number of hydrogen-bond donors (Lipinski definition) is 0. The number of alkyl halides is 3. The molecule has 0 saturated carbocycles. The highest BCUT2D eigenvalue weighted by Crippen LogP contribution is 2.36. The molecule has 2 aromatic carbocycles. The Morgan fingerprint density at radius 1 is 1.11 bits per heavy atom. The van der Waals surface area contributed by atoms with Crippen LogP contribution < -0.4 is 0 Å². The van der Waals surface area contributed by atoms with Gasteiger partial charge >= 0.3 is 6.18 Å². The third-order valence-electron chi connectivity index (χ3n) is 2.62. The van der Waals surface area contributed by atoms with E-state index in [0.29, 0.717) is 5.56 Å². The van der Waals surface area contributed by atoms with Crippen LogP contribution >= 0.6 is 11.8 Å². The lowest BCUT2D eigenvalue weighted by Crippen LogP contribution is -2.07. The third kappa shape index (κ3) is 3.32. The molecule has 0 saturated heterocycles. The van der Waals surface area contributed by atoms with E-state index in [0.717, 1.165) is 10.6 Å². The van der Waals surface area contributed by atoms with Crippen LogP contribution in [0.2, 0.25) is 0 Å². The van der Waals surface area contributed by atoms with Crippen molar-refractivity contribution in [2.24, 2.45) is 0 Å². The van der Waals surface area contributed by atoms with Crippen LogP contribution in [-0.2, 0) is 6.18 Å². The lowest BCUT2D eigenvalue weighted by molar-refractivity contribution is -0.137. The van der Waals surface area contributed by atoms with Crippen molar-refractivity contribution in [2.75, 3.05) is 5.75 Å². The Labute approximate surface area is 114 Å². The SMILES string of the molecule is CCSc1ccc(-c2ccc[c]c2C(F)(F)F)cc1. The number of rotatable bonds is 3. The largest absolute Gasteiger partial charge is 0.417 e. The Balaban J connectivity index is 2.42. The first kappa shape index (κ1) is 14.0. The maximum Gasteiger partial charge on any atom is 0.417 e. The fourth-order valence-electron chi connectivity index (χ4n) is 1.81. The average Bonchev–Trinajstić information content (AvgIpc) is 2.39. The zero-order chi connectivity index (χ0) is 13.9. The second-order valence-electron chi connectivity index (χ2n) is 3.91. The predicted octanol–water partition coefficient (Wildman–Crippen LogP) is 5.28. The van der Waals surface area contributed by atoms with Crippen molar-refractivity contribution >= 4 is 11.8 Å². The Hall–Kier alpha value is -1.42. The van der Waals surface area contributed by atoms with Gasteiger partial charge in [-0.25, -0.2) is 0 Å². The van der Waals surface area contributed by atoms with Gasteiger partial charge in [0.1, 0.15) is 0 Å². The molecule has 0 amide bonds. The van der Waals surface area contributed by atoms with E-state index in [1.54, 1.807) is 30.0 Å². The van der Waals surface area contributed by atoms with E-state index in [-0.39, 0.29) is 5.56 Å². The molecular weight excluding hydrogens is 269 g/mol. The summed E-state index contributed by atoms with van der Waals surface area (Å²) in [5.74, 6) is 0.937. The van der Waals surface area contributed by atoms with Crippen LogP contribution in [0.5, 0.6) is 0 Å². The molecule has 0 aromatic heterocycles. The maximum absolute atomic E-state index is 12.9. The van der Waals surface area contributed by atoms with Crippen LogP contribution in [0.3, 0.4) is 0 Å². The van der Waals surface area contributed by atoms with Crippen molar-refractivity contribution in [1.82, 2.24) is 0 Å². The molecule has 0 spiro atoms. The van der Waals surface area contributed by atoms with E-state index >= 15 is 0 Å². The Kier molecular flexibility index (Phi) is 4.20. The molecule has 0 nitrogen and oxygen atoms in total. The molecule has 0 atom stereocenters. The van der Waals surface area contributed by atoms with Gasteiger partial charge in [-0.3, -0.25) is 0 Å².